The molecule has 0 spiro atoms. The van der Waals surface area contributed by atoms with Gasteiger partial charge in [0.1, 0.15) is 5.75 Å². The third kappa shape index (κ3) is 5.11. The molecule has 0 aliphatic heterocycles. The van der Waals surface area contributed by atoms with E-state index < -0.39 is 10.0 Å². The molecular formula is C10H15N2O3S. The highest BCUT2D eigenvalue weighted by Crippen LogP contribution is 2.12. The monoisotopic (exact) mass is 243 g/mol. The first-order valence-electron chi connectivity index (χ1n) is 4.85. The number of ether oxygens (including phenoxy) is 1. The van der Waals surface area contributed by atoms with Crippen molar-refractivity contribution in [1.82, 2.24) is 0 Å². The number of nitrogens with two attached hydrogens (primary N) is 2. The predicted molar refractivity (Wildman–Crippen MR) is 61.3 cm³/mol. The average Bonchev–Trinajstić information content (AvgIpc) is 2.23. The summed E-state index contributed by atoms with van der Waals surface area (Å²) >= 11 is 0. The molecule has 6 heteroatoms. The molecule has 4 N–H and O–H groups in total. The minimum atomic E-state index is -3.40. The van der Waals surface area contributed by atoms with Gasteiger partial charge in [0.25, 0.3) is 0 Å². The van der Waals surface area contributed by atoms with Crippen molar-refractivity contribution in [1.29, 1.82) is 0 Å². The van der Waals surface area contributed by atoms with E-state index in [1.54, 1.807) is 18.2 Å². The summed E-state index contributed by atoms with van der Waals surface area (Å²) in [5.74, 6) is 0.587. The Morgan fingerprint density at radius 1 is 1.44 bits per heavy atom. The lowest BCUT2D eigenvalue weighted by molar-refractivity contribution is 0.317. The highest BCUT2D eigenvalue weighted by molar-refractivity contribution is 7.89. The van der Waals surface area contributed by atoms with Crippen LogP contribution < -0.4 is 15.6 Å². The van der Waals surface area contributed by atoms with Gasteiger partial charge in [0.15, 0.2) is 0 Å². The summed E-state index contributed by atoms with van der Waals surface area (Å²) in [6.45, 7) is 0.707. The molecule has 0 aliphatic carbocycles. The molecule has 1 rings (SSSR count). The van der Waals surface area contributed by atoms with Gasteiger partial charge in [0.05, 0.1) is 12.4 Å². The van der Waals surface area contributed by atoms with Crippen LogP contribution in [0.1, 0.15) is 12.0 Å². The molecule has 0 amide bonds. The molecule has 0 unspecified atom stereocenters. The number of hydrogen-bond acceptors (Lipinski definition) is 4. The topological polar surface area (TPSA) is 95.4 Å². The minimum Gasteiger partial charge on any atom is -0.494 e. The first-order valence-corrected chi connectivity index (χ1v) is 6.57. The van der Waals surface area contributed by atoms with Gasteiger partial charge in [-0.25, -0.2) is 13.6 Å². The molecular weight excluding hydrogens is 228 g/mol. The predicted octanol–water partition coefficient (Wildman–Crippen LogP) is 0.00289. The van der Waals surface area contributed by atoms with E-state index in [0.29, 0.717) is 25.3 Å². The first kappa shape index (κ1) is 13.0. The van der Waals surface area contributed by atoms with E-state index in [9.17, 15) is 8.42 Å². The van der Waals surface area contributed by atoms with E-state index in [4.69, 9.17) is 15.6 Å². The Bertz CT molecular complexity index is 431. The van der Waals surface area contributed by atoms with E-state index in [1.807, 2.05) is 0 Å². The standard InChI is InChI=1S/C10H15N2O3S/c11-8-9-3-1-4-10(7-9)15-5-2-6-16(12,13)14/h1,4,7H,2,5-6,8,11H2,(H2,12,13,14). The van der Waals surface area contributed by atoms with Crippen LogP contribution >= 0.6 is 0 Å². The molecule has 5 nitrogen and oxygen atoms in total. The Morgan fingerprint density at radius 2 is 2.19 bits per heavy atom. The summed E-state index contributed by atoms with van der Waals surface area (Å²) in [6, 6.07) is 8.19. The van der Waals surface area contributed by atoms with E-state index in [2.05, 4.69) is 6.07 Å². The van der Waals surface area contributed by atoms with Crippen LogP contribution in [-0.4, -0.2) is 20.8 Å². The summed E-state index contributed by atoms with van der Waals surface area (Å²) in [5, 5.41) is 4.86. The van der Waals surface area contributed by atoms with Crippen molar-refractivity contribution in [3.05, 3.63) is 29.8 Å². The summed E-state index contributed by atoms with van der Waals surface area (Å²) in [4.78, 5) is 0. The van der Waals surface area contributed by atoms with Gasteiger partial charge < -0.3 is 10.5 Å². The lowest BCUT2D eigenvalue weighted by Crippen LogP contribution is -2.18. The molecule has 1 aromatic carbocycles. The Hall–Kier alpha value is -1.11. The minimum absolute atomic E-state index is 0.0737. The Labute approximate surface area is 95.4 Å². The number of hydrogen-bond donors (Lipinski definition) is 2. The quantitative estimate of drug-likeness (QED) is 0.688. The van der Waals surface area contributed by atoms with Crippen LogP contribution in [0.3, 0.4) is 0 Å². The lowest BCUT2D eigenvalue weighted by atomic mass is 10.2. The second kappa shape index (κ2) is 5.83. The molecule has 0 aromatic heterocycles. The van der Waals surface area contributed by atoms with Crippen LogP contribution in [0.25, 0.3) is 0 Å². The van der Waals surface area contributed by atoms with Gasteiger partial charge >= 0.3 is 0 Å². The normalized spacial score (nSPS) is 11.4. The molecule has 0 aliphatic rings. The number of sulfonamides is 1. The zero-order chi connectivity index (χ0) is 12.0. The molecule has 16 heavy (non-hydrogen) atoms. The highest BCUT2D eigenvalue weighted by Gasteiger charge is 2.02. The third-order valence-corrected chi connectivity index (χ3v) is 2.75. The van der Waals surface area contributed by atoms with Gasteiger partial charge in [-0.15, -0.1) is 0 Å². The molecule has 0 atom stereocenters. The van der Waals surface area contributed by atoms with Crippen LogP contribution in [0, 0.1) is 6.07 Å². The molecule has 89 valence electrons. The first-order chi connectivity index (χ1) is 7.51. The fourth-order valence-corrected chi connectivity index (χ4v) is 1.67. The summed E-state index contributed by atoms with van der Waals surface area (Å²) < 4.78 is 26.6. The van der Waals surface area contributed by atoms with Crippen molar-refractivity contribution >= 4 is 10.0 Å². The second-order valence-electron chi connectivity index (χ2n) is 3.32. The van der Waals surface area contributed by atoms with Crippen LogP contribution in [0.4, 0.5) is 0 Å². The zero-order valence-electron chi connectivity index (χ0n) is 8.85. The summed E-state index contributed by atoms with van der Waals surface area (Å²) in [6.07, 6.45) is 0.370. The Kier molecular flexibility index (Phi) is 4.72. The lowest BCUT2D eigenvalue weighted by Gasteiger charge is -2.06. The maximum Gasteiger partial charge on any atom is 0.209 e. The zero-order valence-corrected chi connectivity index (χ0v) is 9.66. The van der Waals surface area contributed by atoms with Crippen molar-refractivity contribution in [2.75, 3.05) is 12.4 Å². The maximum absolute atomic E-state index is 10.6. The Morgan fingerprint density at radius 3 is 2.81 bits per heavy atom. The van der Waals surface area contributed by atoms with Crippen LogP contribution in [0.2, 0.25) is 0 Å². The van der Waals surface area contributed by atoms with Gasteiger partial charge in [-0.2, -0.15) is 0 Å². The van der Waals surface area contributed by atoms with Crippen LogP contribution in [0.15, 0.2) is 18.2 Å². The van der Waals surface area contributed by atoms with Crippen molar-refractivity contribution < 1.29 is 13.2 Å². The number of primary sulfonamides is 1. The van der Waals surface area contributed by atoms with Gasteiger partial charge in [0, 0.05) is 6.54 Å². The largest absolute Gasteiger partial charge is 0.494 e. The van der Waals surface area contributed by atoms with Crippen LogP contribution in [0.5, 0.6) is 5.75 Å². The van der Waals surface area contributed by atoms with Crippen molar-refractivity contribution in [2.24, 2.45) is 10.9 Å². The van der Waals surface area contributed by atoms with Crippen LogP contribution in [-0.2, 0) is 16.6 Å². The van der Waals surface area contributed by atoms with Gasteiger partial charge in [-0.05, 0) is 30.2 Å². The van der Waals surface area contributed by atoms with E-state index >= 15 is 0 Å². The fraction of sp³-hybridized carbons (Fsp3) is 0.400. The molecule has 0 saturated heterocycles. The second-order valence-corrected chi connectivity index (χ2v) is 5.06. The maximum atomic E-state index is 10.6. The summed E-state index contributed by atoms with van der Waals surface area (Å²) in [7, 11) is -3.40. The van der Waals surface area contributed by atoms with E-state index in [0.717, 1.165) is 5.56 Å². The number of benzene rings is 1. The molecule has 0 saturated carbocycles. The van der Waals surface area contributed by atoms with Crippen molar-refractivity contribution in [2.45, 2.75) is 13.0 Å². The molecule has 0 bridgehead atoms. The van der Waals surface area contributed by atoms with E-state index in [-0.39, 0.29) is 5.75 Å². The summed E-state index contributed by atoms with van der Waals surface area (Å²) in [5.41, 5.74) is 6.30. The third-order valence-electron chi connectivity index (χ3n) is 1.89. The highest BCUT2D eigenvalue weighted by atomic mass is 32.2. The Balaban J connectivity index is 2.37. The van der Waals surface area contributed by atoms with Crippen molar-refractivity contribution in [3.63, 3.8) is 0 Å². The SMILES string of the molecule is NCc1[c]ccc(OCCCS(N)(=O)=O)c1. The smallest absolute Gasteiger partial charge is 0.209 e. The number of rotatable bonds is 6. The molecule has 1 aromatic rings. The van der Waals surface area contributed by atoms with Crippen molar-refractivity contribution in [3.8, 4) is 5.75 Å². The van der Waals surface area contributed by atoms with Gasteiger partial charge in [-0.3, -0.25) is 0 Å². The van der Waals surface area contributed by atoms with E-state index in [1.165, 1.54) is 0 Å². The van der Waals surface area contributed by atoms with Gasteiger partial charge in [0.2, 0.25) is 10.0 Å². The van der Waals surface area contributed by atoms with Gasteiger partial charge in [-0.1, -0.05) is 6.07 Å². The fourth-order valence-electron chi connectivity index (χ4n) is 1.15. The molecule has 1 radical (unpaired) electrons. The average molecular weight is 243 g/mol. The molecule has 0 fully saturated rings. The molecule has 0 heterocycles.